The van der Waals surface area contributed by atoms with E-state index >= 15 is 0 Å². The van der Waals surface area contributed by atoms with Gasteiger partial charge in [-0.15, -0.1) is 0 Å². The summed E-state index contributed by atoms with van der Waals surface area (Å²) >= 11 is 5.81. The average molecular weight is 425 g/mol. The molecule has 1 aromatic heterocycles. The predicted molar refractivity (Wildman–Crippen MR) is 108 cm³/mol. The molecule has 3 N–H and O–H groups in total. The Morgan fingerprint density at radius 1 is 1.25 bits per heavy atom. The minimum Gasteiger partial charge on any atom is -0.491 e. The smallest absolute Gasteiger partial charge is 0.147 e. The lowest BCUT2D eigenvalue weighted by atomic mass is 10.2. The Kier molecular flexibility index (Phi) is 5.85. The second kappa shape index (κ2) is 8.15. The van der Waals surface area contributed by atoms with Crippen molar-refractivity contribution in [3.8, 4) is 5.75 Å². The van der Waals surface area contributed by atoms with E-state index in [1.165, 1.54) is 30.8 Å². The second-order valence-corrected chi connectivity index (χ2v) is 8.88. The van der Waals surface area contributed by atoms with Crippen LogP contribution in [0.25, 0.3) is 10.9 Å². The summed E-state index contributed by atoms with van der Waals surface area (Å²) in [7, 11) is -3.04. The van der Waals surface area contributed by atoms with Crippen LogP contribution in [0.5, 0.6) is 5.75 Å². The first kappa shape index (κ1) is 20.1. The van der Waals surface area contributed by atoms with Gasteiger partial charge in [0.05, 0.1) is 28.6 Å². The van der Waals surface area contributed by atoms with Gasteiger partial charge in [-0.3, -0.25) is 0 Å². The Morgan fingerprint density at radius 2 is 2.04 bits per heavy atom. The lowest BCUT2D eigenvalue weighted by Gasteiger charge is -2.12. The Hall–Kier alpha value is -2.65. The number of hydrogen-bond donors (Lipinski definition) is 2. The molecule has 0 atom stereocenters. The molecule has 0 aliphatic rings. The van der Waals surface area contributed by atoms with E-state index in [4.69, 9.17) is 22.1 Å². The Labute approximate surface area is 166 Å². The first-order valence-corrected chi connectivity index (χ1v) is 10.7. The van der Waals surface area contributed by atoms with E-state index in [2.05, 4.69) is 15.3 Å². The number of nitrogens with zero attached hydrogens (tertiary/aromatic N) is 2. The number of ether oxygens (including phenoxy) is 1. The van der Waals surface area contributed by atoms with E-state index in [1.807, 2.05) is 0 Å². The molecule has 0 aliphatic heterocycles. The van der Waals surface area contributed by atoms with Crippen LogP contribution in [0.4, 0.5) is 21.6 Å². The molecule has 1 heterocycles. The number of aromatic nitrogens is 2. The van der Waals surface area contributed by atoms with Crippen molar-refractivity contribution in [1.82, 2.24) is 9.97 Å². The topological polar surface area (TPSA) is 107 Å². The van der Waals surface area contributed by atoms with Crippen molar-refractivity contribution in [3.05, 3.63) is 47.5 Å². The fraction of sp³-hybridized carbons (Fsp3) is 0.222. The molecule has 0 unspecified atom stereocenters. The third-order valence-corrected chi connectivity index (χ3v) is 5.19. The summed E-state index contributed by atoms with van der Waals surface area (Å²) in [5, 5.41) is 3.70. The molecule has 10 heteroatoms. The van der Waals surface area contributed by atoms with Gasteiger partial charge in [-0.25, -0.2) is 22.8 Å². The number of fused-ring (bicyclic) bond motifs is 1. The molecular formula is C18H18ClFN4O3S. The number of sulfone groups is 1. The van der Waals surface area contributed by atoms with E-state index in [9.17, 15) is 12.8 Å². The van der Waals surface area contributed by atoms with Gasteiger partial charge >= 0.3 is 0 Å². The number of benzene rings is 2. The van der Waals surface area contributed by atoms with Gasteiger partial charge in [-0.2, -0.15) is 0 Å². The quantitative estimate of drug-likeness (QED) is 0.441. The third-order valence-electron chi connectivity index (χ3n) is 3.87. The summed E-state index contributed by atoms with van der Waals surface area (Å²) in [4.78, 5) is 8.42. The number of nitrogens with two attached hydrogens (primary N) is 1. The van der Waals surface area contributed by atoms with Crippen molar-refractivity contribution >= 4 is 49.5 Å². The lowest BCUT2D eigenvalue weighted by Crippen LogP contribution is -2.08. The fourth-order valence-electron chi connectivity index (χ4n) is 2.54. The predicted octanol–water partition coefficient (Wildman–Crippen LogP) is 3.56. The summed E-state index contributed by atoms with van der Waals surface area (Å²) in [6.07, 6.45) is 2.91. The van der Waals surface area contributed by atoms with Crippen LogP contribution < -0.4 is 15.8 Å². The van der Waals surface area contributed by atoms with Crippen LogP contribution in [-0.4, -0.2) is 37.0 Å². The summed E-state index contributed by atoms with van der Waals surface area (Å²) in [6.45, 7) is 0.215. The largest absolute Gasteiger partial charge is 0.491 e. The molecule has 7 nitrogen and oxygen atoms in total. The van der Waals surface area contributed by atoms with Gasteiger partial charge in [0.1, 0.15) is 33.5 Å². The molecule has 3 aromatic rings. The highest BCUT2D eigenvalue weighted by Gasteiger charge is 2.11. The van der Waals surface area contributed by atoms with E-state index in [0.29, 0.717) is 40.3 Å². The number of rotatable bonds is 7. The monoisotopic (exact) mass is 424 g/mol. The zero-order valence-electron chi connectivity index (χ0n) is 14.9. The molecular weight excluding hydrogens is 407 g/mol. The molecule has 148 valence electrons. The number of nitrogen functional groups attached to an aromatic ring is 1. The van der Waals surface area contributed by atoms with Gasteiger partial charge in [0.2, 0.25) is 0 Å². The van der Waals surface area contributed by atoms with E-state index in [0.717, 1.165) is 0 Å². The van der Waals surface area contributed by atoms with Gasteiger partial charge in [0.25, 0.3) is 0 Å². The zero-order chi connectivity index (χ0) is 20.3. The van der Waals surface area contributed by atoms with Crippen molar-refractivity contribution in [2.75, 3.05) is 29.7 Å². The Balaban J connectivity index is 1.82. The maximum atomic E-state index is 13.3. The SMILES string of the molecule is CS(=O)(=O)CCCOc1cc2ncnc(Nc3ccc(F)c(Cl)c3)c2cc1N. The molecule has 0 bridgehead atoms. The van der Waals surface area contributed by atoms with Gasteiger partial charge in [0.15, 0.2) is 0 Å². The van der Waals surface area contributed by atoms with Gasteiger partial charge < -0.3 is 15.8 Å². The van der Waals surface area contributed by atoms with Crippen LogP contribution in [0, 0.1) is 5.82 Å². The first-order valence-electron chi connectivity index (χ1n) is 8.30. The molecule has 0 fully saturated rings. The molecule has 0 amide bonds. The van der Waals surface area contributed by atoms with Crippen LogP contribution in [0.2, 0.25) is 5.02 Å². The molecule has 0 spiro atoms. The Bertz CT molecular complexity index is 1130. The fourth-order valence-corrected chi connectivity index (χ4v) is 3.36. The summed E-state index contributed by atoms with van der Waals surface area (Å²) in [6, 6.07) is 7.57. The van der Waals surface area contributed by atoms with Crippen LogP contribution >= 0.6 is 11.6 Å². The van der Waals surface area contributed by atoms with E-state index < -0.39 is 15.7 Å². The first-order chi connectivity index (χ1) is 13.2. The normalized spacial score (nSPS) is 11.5. The second-order valence-electron chi connectivity index (χ2n) is 6.22. The van der Waals surface area contributed by atoms with Crippen molar-refractivity contribution in [2.45, 2.75) is 6.42 Å². The van der Waals surface area contributed by atoms with E-state index in [-0.39, 0.29) is 17.4 Å². The summed E-state index contributed by atoms with van der Waals surface area (Å²) in [5.41, 5.74) is 7.57. The number of anilines is 3. The number of halogens is 2. The molecule has 0 aliphatic carbocycles. The van der Waals surface area contributed by atoms with Crippen LogP contribution in [0.3, 0.4) is 0 Å². The molecule has 28 heavy (non-hydrogen) atoms. The lowest BCUT2D eigenvalue weighted by molar-refractivity contribution is 0.320. The maximum absolute atomic E-state index is 13.3. The molecule has 3 rings (SSSR count). The minimum absolute atomic E-state index is 0.00680. The highest BCUT2D eigenvalue weighted by atomic mass is 35.5. The molecule has 0 saturated carbocycles. The highest BCUT2D eigenvalue weighted by molar-refractivity contribution is 7.90. The van der Waals surface area contributed by atoms with Crippen LogP contribution in [0.15, 0.2) is 36.7 Å². The van der Waals surface area contributed by atoms with Crippen molar-refractivity contribution < 1.29 is 17.5 Å². The highest BCUT2D eigenvalue weighted by Crippen LogP contribution is 2.32. The third kappa shape index (κ3) is 4.99. The van der Waals surface area contributed by atoms with E-state index in [1.54, 1.807) is 12.1 Å². The van der Waals surface area contributed by atoms with Crippen molar-refractivity contribution in [1.29, 1.82) is 0 Å². The van der Waals surface area contributed by atoms with Gasteiger partial charge in [0, 0.05) is 23.4 Å². The summed E-state index contributed by atoms with van der Waals surface area (Å²) < 4.78 is 41.3. The Morgan fingerprint density at radius 3 is 2.75 bits per heavy atom. The average Bonchev–Trinajstić information content (AvgIpc) is 2.62. The van der Waals surface area contributed by atoms with Crippen molar-refractivity contribution in [2.24, 2.45) is 0 Å². The standard InChI is InChI=1S/C18H18ClFN4O3S/c1-28(25,26)6-2-5-27-17-9-16-12(8-15(17)21)18(23-10-22-16)24-11-3-4-14(20)13(19)7-11/h3-4,7-10H,2,5-6,21H2,1H3,(H,22,23,24). The van der Waals surface area contributed by atoms with Crippen LogP contribution in [0.1, 0.15) is 6.42 Å². The van der Waals surface area contributed by atoms with Crippen LogP contribution in [-0.2, 0) is 9.84 Å². The molecule has 0 radical (unpaired) electrons. The number of hydrogen-bond acceptors (Lipinski definition) is 7. The zero-order valence-corrected chi connectivity index (χ0v) is 16.5. The number of nitrogens with one attached hydrogen (secondary N) is 1. The maximum Gasteiger partial charge on any atom is 0.147 e. The van der Waals surface area contributed by atoms with Crippen molar-refractivity contribution in [3.63, 3.8) is 0 Å². The van der Waals surface area contributed by atoms with Gasteiger partial charge in [-0.05, 0) is 30.7 Å². The minimum atomic E-state index is -3.04. The molecule has 0 saturated heterocycles. The molecule has 2 aromatic carbocycles. The summed E-state index contributed by atoms with van der Waals surface area (Å²) in [5.74, 6) is 0.414. The van der Waals surface area contributed by atoms with Gasteiger partial charge in [-0.1, -0.05) is 11.6 Å².